The Balaban J connectivity index is 2.34. The number of nitriles is 1. The van der Waals surface area contributed by atoms with Gasteiger partial charge in [0.05, 0.1) is 24.9 Å². The first-order valence-electron chi connectivity index (χ1n) is 6.98. The second-order valence-corrected chi connectivity index (χ2v) is 5.12. The maximum atomic E-state index is 12.3. The zero-order valence-electron chi connectivity index (χ0n) is 13.2. The average molecular weight is 343 g/mol. The maximum absolute atomic E-state index is 12.3. The number of benzene rings is 2. The zero-order valence-corrected chi connectivity index (χ0v) is 13.9. The van der Waals surface area contributed by atoms with Crippen molar-refractivity contribution in [3.63, 3.8) is 0 Å². The van der Waals surface area contributed by atoms with Gasteiger partial charge in [-0.15, -0.1) is 0 Å². The molecule has 5 nitrogen and oxygen atoms in total. The van der Waals surface area contributed by atoms with Crippen molar-refractivity contribution in [1.29, 1.82) is 5.26 Å². The fraction of sp³-hybridized carbons (Fsp3) is 0.111. The van der Waals surface area contributed by atoms with Gasteiger partial charge >= 0.3 is 0 Å². The standard InChI is InChI=1S/C18H15ClN2O3/c1-23-14-7-8-17(24-2)12(10-14)9-13(11-20)18(22)21-16-6-4-3-5-15(16)19/h3-10H,1-2H3,(H,21,22). The van der Waals surface area contributed by atoms with Gasteiger partial charge < -0.3 is 14.8 Å². The minimum Gasteiger partial charge on any atom is -0.497 e. The third-order valence-corrected chi connectivity index (χ3v) is 3.55. The summed E-state index contributed by atoms with van der Waals surface area (Å²) in [6.45, 7) is 0. The molecule has 0 bridgehead atoms. The molecular weight excluding hydrogens is 328 g/mol. The molecule has 0 aliphatic heterocycles. The van der Waals surface area contributed by atoms with E-state index in [4.69, 9.17) is 21.1 Å². The largest absolute Gasteiger partial charge is 0.497 e. The lowest BCUT2D eigenvalue weighted by atomic mass is 10.1. The van der Waals surface area contributed by atoms with Gasteiger partial charge in [-0.1, -0.05) is 23.7 Å². The van der Waals surface area contributed by atoms with Crippen LogP contribution in [0.15, 0.2) is 48.0 Å². The predicted molar refractivity (Wildman–Crippen MR) is 93.2 cm³/mol. The number of carbonyl (C=O) groups is 1. The molecule has 1 amide bonds. The molecule has 1 N–H and O–H groups in total. The highest BCUT2D eigenvalue weighted by Crippen LogP contribution is 2.27. The van der Waals surface area contributed by atoms with Crippen LogP contribution < -0.4 is 14.8 Å². The molecule has 0 radical (unpaired) electrons. The van der Waals surface area contributed by atoms with Crippen LogP contribution in [0.2, 0.25) is 5.02 Å². The third kappa shape index (κ3) is 4.06. The van der Waals surface area contributed by atoms with Crippen molar-refractivity contribution in [3.8, 4) is 17.6 Å². The topological polar surface area (TPSA) is 71.3 Å². The first kappa shape index (κ1) is 17.4. The van der Waals surface area contributed by atoms with E-state index in [1.165, 1.54) is 20.3 Å². The molecule has 0 heterocycles. The molecule has 0 saturated carbocycles. The molecule has 2 aromatic rings. The lowest BCUT2D eigenvalue weighted by molar-refractivity contribution is -0.112. The molecule has 0 aliphatic rings. The Labute approximate surface area is 145 Å². The Morgan fingerprint density at radius 1 is 1.21 bits per heavy atom. The SMILES string of the molecule is COc1ccc(OC)c(C=C(C#N)C(=O)Nc2ccccc2Cl)c1. The summed E-state index contributed by atoms with van der Waals surface area (Å²) in [5.41, 5.74) is 0.909. The van der Waals surface area contributed by atoms with Crippen LogP contribution in [0.1, 0.15) is 5.56 Å². The number of nitrogens with one attached hydrogen (secondary N) is 1. The number of methoxy groups -OCH3 is 2. The Morgan fingerprint density at radius 2 is 1.96 bits per heavy atom. The Kier molecular flexibility index (Phi) is 5.83. The van der Waals surface area contributed by atoms with Gasteiger partial charge in [-0.3, -0.25) is 4.79 Å². The molecule has 0 aliphatic carbocycles. The first-order chi connectivity index (χ1) is 11.6. The number of nitrogens with zero attached hydrogens (tertiary/aromatic N) is 1. The number of halogens is 1. The van der Waals surface area contributed by atoms with Crippen LogP contribution in [0.3, 0.4) is 0 Å². The second-order valence-electron chi connectivity index (χ2n) is 4.71. The Hall–Kier alpha value is -2.97. The zero-order chi connectivity index (χ0) is 17.5. The van der Waals surface area contributed by atoms with E-state index in [0.717, 1.165) is 0 Å². The van der Waals surface area contributed by atoms with Crippen molar-refractivity contribution in [2.24, 2.45) is 0 Å². The number of ether oxygens (including phenoxy) is 2. The molecule has 24 heavy (non-hydrogen) atoms. The molecule has 0 fully saturated rings. The molecule has 2 rings (SSSR count). The fourth-order valence-corrected chi connectivity index (χ4v) is 2.19. The summed E-state index contributed by atoms with van der Waals surface area (Å²) in [6, 6.07) is 13.8. The maximum Gasteiger partial charge on any atom is 0.266 e. The van der Waals surface area contributed by atoms with E-state index in [1.54, 1.807) is 42.5 Å². The van der Waals surface area contributed by atoms with E-state index >= 15 is 0 Å². The highest BCUT2D eigenvalue weighted by atomic mass is 35.5. The number of para-hydroxylation sites is 1. The molecular formula is C18H15ClN2O3. The van der Waals surface area contributed by atoms with E-state index in [-0.39, 0.29) is 5.57 Å². The van der Waals surface area contributed by atoms with Crippen LogP contribution in [0.4, 0.5) is 5.69 Å². The summed E-state index contributed by atoms with van der Waals surface area (Å²) in [6.07, 6.45) is 1.44. The van der Waals surface area contributed by atoms with Crippen molar-refractivity contribution in [2.75, 3.05) is 19.5 Å². The summed E-state index contributed by atoms with van der Waals surface area (Å²) >= 11 is 6.01. The monoisotopic (exact) mass is 342 g/mol. The summed E-state index contributed by atoms with van der Waals surface area (Å²) in [4.78, 5) is 12.3. The van der Waals surface area contributed by atoms with Crippen LogP contribution in [0.5, 0.6) is 11.5 Å². The first-order valence-corrected chi connectivity index (χ1v) is 7.36. The number of rotatable bonds is 5. The van der Waals surface area contributed by atoms with Crippen molar-refractivity contribution >= 4 is 29.3 Å². The number of carbonyl (C=O) groups excluding carboxylic acids is 1. The Morgan fingerprint density at radius 3 is 2.58 bits per heavy atom. The molecule has 6 heteroatoms. The van der Waals surface area contributed by atoms with Crippen molar-refractivity contribution in [1.82, 2.24) is 0 Å². The van der Waals surface area contributed by atoms with E-state index in [9.17, 15) is 10.1 Å². The normalized spacial score (nSPS) is 10.7. The van der Waals surface area contributed by atoms with Crippen LogP contribution in [-0.2, 0) is 4.79 Å². The second kappa shape index (κ2) is 8.04. The van der Waals surface area contributed by atoms with Crippen molar-refractivity contribution < 1.29 is 14.3 Å². The smallest absolute Gasteiger partial charge is 0.266 e. The summed E-state index contributed by atoms with van der Waals surface area (Å²) in [5, 5.41) is 12.3. The van der Waals surface area contributed by atoms with E-state index in [0.29, 0.717) is 27.8 Å². The van der Waals surface area contributed by atoms with Gasteiger partial charge in [0.1, 0.15) is 23.1 Å². The lowest BCUT2D eigenvalue weighted by Gasteiger charge is -2.09. The van der Waals surface area contributed by atoms with Crippen LogP contribution >= 0.6 is 11.6 Å². The molecule has 0 unspecified atom stereocenters. The van der Waals surface area contributed by atoms with Crippen molar-refractivity contribution in [2.45, 2.75) is 0 Å². The van der Waals surface area contributed by atoms with Gasteiger partial charge in [-0.25, -0.2) is 0 Å². The predicted octanol–water partition coefficient (Wildman–Crippen LogP) is 3.90. The number of anilines is 1. The third-order valence-electron chi connectivity index (χ3n) is 3.22. The number of hydrogen-bond acceptors (Lipinski definition) is 4. The molecule has 0 atom stereocenters. The molecule has 122 valence electrons. The molecule has 2 aromatic carbocycles. The summed E-state index contributed by atoms with van der Waals surface area (Å²) in [7, 11) is 3.04. The van der Waals surface area contributed by atoms with Crippen LogP contribution in [-0.4, -0.2) is 20.1 Å². The van der Waals surface area contributed by atoms with Gasteiger partial charge in [0.25, 0.3) is 5.91 Å². The van der Waals surface area contributed by atoms with Crippen LogP contribution in [0, 0.1) is 11.3 Å². The van der Waals surface area contributed by atoms with Gasteiger partial charge in [0, 0.05) is 5.56 Å². The lowest BCUT2D eigenvalue weighted by Crippen LogP contribution is -2.13. The molecule has 0 spiro atoms. The molecule has 0 saturated heterocycles. The molecule has 0 aromatic heterocycles. The van der Waals surface area contributed by atoms with Crippen LogP contribution in [0.25, 0.3) is 6.08 Å². The van der Waals surface area contributed by atoms with Gasteiger partial charge in [-0.2, -0.15) is 5.26 Å². The summed E-state index contributed by atoms with van der Waals surface area (Å²) < 4.78 is 10.4. The van der Waals surface area contributed by atoms with Gasteiger partial charge in [-0.05, 0) is 36.4 Å². The highest BCUT2D eigenvalue weighted by molar-refractivity contribution is 6.34. The minimum absolute atomic E-state index is 0.0820. The minimum atomic E-state index is -0.560. The highest BCUT2D eigenvalue weighted by Gasteiger charge is 2.13. The summed E-state index contributed by atoms with van der Waals surface area (Å²) in [5.74, 6) is 0.551. The number of hydrogen-bond donors (Lipinski definition) is 1. The average Bonchev–Trinajstić information content (AvgIpc) is 2.61. The fourth-order valence-electron chi connectivity index (χ4n) is 2.01. The number of amides is 1. The van der Waals surface area contributed by atoms with Crippen molar-refractivity contribution in [3.05, 3.63) is 58.6 Å². The Bertz CT molecular complexity index is 825. The quantitative estimate of drug-likeness (QED) is 0.660. The van der Waals surface area contributed by atoms with E-state index in [2.05, 4.69) is 5.32 Å². The van der Waals surface area contributed by atoms with E-state index < -0.39 is 5.91 Å². The van der Waals surface area contributed by atoms with Gasteiger partial charge in [0.15, 0.2) is 0 Å². The van der Waals surface area contributed by atoms with E-state index in [1.807, 2.05) is 6.07 Å². The van der Waals surface area contributed by atoms with Gasteiger partial charge in [0.2, 0.25) is 0 Å².